The third-order valence-corrected chi connectivity index (χ3v) is 4.47. The number of benzene rings is 1. The molecule has 1 aliphatic rings. The molecule has 106 valence electrons. The Labute approximate surface area is 120 Å². The first kappa shape index (κ1) is 13.5. The summed E-state index contributed by atoms with van der Waals surface area (Å²) in [7, 11) is 0. The Balaban J connectivity index is 1.73. The molecule has 0 saturated heterocycles. The second-order valence-electron chi connectivity index (χ2n) is 5.73. The van der Waals surface area contributed by atoms with Gasteiger partial charge in [0, 0.05) is 37.0 Å². The Morgan fingerprint density at radius 1 is 1.20 bits per heavy atom. The number of aliphatic hydroxyl groups excluding tert-OH is 1. The van der Waals surface area contributed by atoms with Crippen molar-refractivity contribution in [2.45, 2.75) is 38.3 Å². The zero-order valence-electron chi connectivity index (χ0n) is 11.8. The molecule has 1 saturated carbocycles. The summed E-state index contributed by atoms with van der Waals surface area (Å²) in [6.45, 7) is 1.17. The van der Waals surface area contributed by atoms with Crippen molar-refractivity contribution in [1.82, 2.24) is 10.3 Å². The number of fused-ring (bicyclic) bond motifs is 1. The maximum Gasteiger partial charge on any atom is 0.0474 e. The molecule has 1 aromatic heterocycles. The minimum Gasteiger partial charge on any atom is -0.396 e. The van der Waals surface area contributed by atoms with E-state index in [1.54, 1.807) is 0 Å². The van der Waals surface area contributed by atoms with Crippen LogP contribution in [0.2, 0.25) is 0 Å². The third-order valence-electron chi connectivity index (χ3n) is 4.47. The van der Waals surface area contributed by atoms with E-state index in [-0.39, 0.29) is 0 Å². The zero-order chi connectivity index (χ0) is 13.8. The van der Waals surface area contributed by atoms with E-state index >= 15 is 0 Å². The molecule has 0 aliphatic heterocycles. The highest BCUT2D eigenvalue weighted by molar-refractivity contribution is 5.84. The predicted molar refractivity (Wildman–Crippen MR) is 81.4 cm³/mol. The number of hydrogen-bond acceptors (Lipinski definition) is 3. The second-order valence-corrected chi connectivity index (χ2v) is 5.73. The van der Waals surface area contributed by atoms with Gasteiger partial charge in [0.15, 0.2) is 0 Å². The van der Waals surface area contributed by atoms with Crippen molar-refractivity contribution < 1.29 is 5.11 Å². The maximum absolute atomic E-state index is 9.48. The van der Waals surface area contributed by atoms with Gasteiger partial charge in [-0.15, -0.1) is 0 Å². The van der Waals surface area contributed by atoms with Crippen molar-refractivity contribution in [3.05, 3.63) is 42.2 Å². The first-order valence-electron chi connectivity index (χ1n) is 7.54. The molecular formula is C17H22N2O. The van der Waals surface area contributed by atoms with Crippen molar-refractivity contribution in [3.63, 3.8) is 0 Å². The lowest BCUT2D eigenvalue weighted by Gasteiger charge is -2.31. The van der Waals surface area contributed by atoms with Crippen LogP contribution in [-0.4, -0.2) is 22.7 Å². The lowest BCUT2D eigenvalue weighted by atomic mass is 9.85. The van der Waals surface area contributed by atoms with Gasteiger partial charge in [-0.3, -0.25) is 4.98 Å². The molecule has 0 spiro atoms. The van der Waals surface area contributed by atoms with Crippen LogP contribution in [0.1, 0.15) is 31.2 Å². The fourth-order valence-electron chi connectivity index (χ4n) is 3.28. The largest absolute Gasteiger partial charge is 0.396 e. The van der Waals surface area contributed by atoms with Gasteiger partial charge in [0.1, 0.15) is 0 Å². The number of aliphatic hydroxyl groups is 1. The Morgan fingerprint density at radius 3 is 3.00 bits per heavy atom. The second kappa shape index (κ2) is 6.33. The molecule has 0 amide bonds. The highest BCUT2D eigenvalue weighted by atomic mass is 16.3. The number of nitrogens with one attached hydrogen (secondary N) is 1. The van der Waals surface area contributed by atoms with Crippen LogP contribution in [0.25, 0.3) is 10.8 Å². The van der Waals surface area contributed by atoms with Crippen molar-refractivity contribution in [1.29, 1.82) is 0 Å². The molecule has 3 nitrogen and oxygen atoms in total. The fourth-order valence-corrected chi connectivity index (χ4v) is 3.28. The highest BCUT2D eigenvalue weighted by Crippen LogP contribution is 2.25. The summed E-state index contributed by atoms with van der Waals surface area (Å²) in [5, 5.41) is 15.6. The van der Waals surface area contributed by atoms with Gasteiger partial charge in [-0.05, 0) is 35.8 Å². The summed E-state index contributed by atoms with van der Waals surface area (Å²) >= 11 is 0. The standard InChI is InChI=1S/C17H22N2O/c20-12-15-4-1-2-7-17(15)19-11-14-6-3-5-13-10-18-9-8-16(13)14/h3,5-6,8-10,15,17,19-20H,1-2,4,7,11-12H2. The summed E-state index contributed by atoms with van der Waals surface area (Å²) in [5.41, 5.74) is 1.31. The van der Waals surface area contributed by atoms with Crippen molar-refractivity contribution >= 4 is 10.8 Å². The van der Waals surface area contributed by atoms with Gasteiger partial charge in [0.05, 0.1) is 0 Å². The third kappa shape index (κ3) is 2.84. The fraction of sp³-hybridized carbons (Fsp3) is 0.471. The summed E-state index contributed by atoms with van der Waals surface area (Å²) < 4.78 is 0. The van der Waals surface area contributed by atoms with E-state index in [0.29, 0.717) is 18.6 Å². The number of nitrogens with zero attached hydrogens (tertiary/aromatic N) is 1. The summed E-state index contributed by atoms with van der Waals surface area (Å²) in [4.78, 5) is 4.18. The van der Waals surface area contributed by atoms with E-state index in [1.807, 2.05) is 12.4 Å². The quantitative estimate of drug-likeness (QED) is 0.898. The van der Waals surface area contributed by atoms with Crippen molar-refractivity contribution in [3.8, 4) is 0 Å². The minimum absolute atomic E-state index is 0.303. The number of aromatic nitrogens is 1. The monoisotopic (exact) mass is 270 g/mol. The molecule has 1 heterocycles. The maximum atomic E-state index is 9.48. The van der Waals surface area contributed by atoms with Gasteiger partial charge in [-0.2, -0.15) is 0 Å². The van der Waals surface area contributed by atoms with Gasteiger partial charge in [-0.25, -0.2) is 0 Å². The molecular weight excluding hydrogens is 248 g/mol. The molecule has 2 aromatic rings. The molecule has 2 unspecified atom stereocenters. The van der Waals surface area contributed by atoms with Crippen LogP contribution in [-0.2, 0) is 6.54 Å². The van der Waals surface area contributed by atoms with Crippen molar-refractivity contribution in [2.75, 3.05) is 6.61 Å². The molecule has 2 atom stereocenters. The zero-order valence-corrected chi connectivity index (χ0v) is 11.8. The number of rotatable bonds is 4. The van der Waals surface area contributed by atoms with E-state index in [0.717, 1.165) is 13.0 Å². The van der Waals surface area contributed by atoms with Crippen LogP contribution in [0.15, 0.2) is 36.7 Å². The van der Waals surface area contributed by atoms with E-state index in [1.165, 1.54) is 35.6 Å². The molecule has 2 N–H and O–H groups in total. The van der Waals surface area contributed by atoms with Crippen LogP contribution in [0.3, 0.4) is 0 Å². The van der Waals surface area contributed by atoms with E-state index in [2.05, 4.69) is 34.6 Å². The van der Waals surface area contributed by atoms with Crippen LogP contribution >= 0.6 is 0 Å². The molecule has 0 bridgehead atoms. The molecule has 0 radical (unpaired) electrons. The summed E-state index contributed by atoms with van der Waals surface area (Å²) in [6, 6.07) is 8.89. The topological polar surface area (TPSA) is 45.1 Å². The van der Waals surface area contributed by atoms with Gasteiger partial charge in [0.25, 0.3) is 0 Å². The molecule has 20 heavy (non-hydrogen) atoms. The van der Waals surface area contributed by atoms with E-state index < -0.39 is 0 Å². The lowest BCUT2D eigenvalue weighted by Crippen LogP contribution is -2.39. The predicted octanol–water partition coefficient (Wildman–Crippen LogP) is 2.88. The van der Waals surface area contributed by atoms with Crippen LogP contribution < -0.4 is 5.32 Å². The van der Waals surface area contributed by atoms with Crippen LogP contribution in [0, 0.1) is 5.92 Å². The van der Waals surface area contributed by atoms with Gasteiger partial charge < -0.3 is 10.4 Å². The molecule has 3 heteroatoms. The summed E-state index contributed by atoms with van der Waals surface area (Å²) in [6.07, 6.45) is 8.61. The number of pyridine rings is 1. The SMILES string of the molecule is OCC1CCCCC1NCc1cccc2cnccc12. The van der Waals surface area contributed by atoms with E-state index in [4.69, 9.17) is 0 Å². The molecule has 1 fully saturated rings. The Hall–Kier alpha value is -1.45. The molecule has 1 aliphatic carbocycles. The molecule has 3 rings (SSSR count). The molecule has 1 aromatic carbocycles. The van der Waals surface area contributed by atoms with Crippen LogP contribution in [0.5, 0.6) is 0 Å². The lowest BCUT2D eigenvalue weighted by molar-refractivity contribution is 0.152. The highest BCUT2D eigenvalue weighted by Gasteiger charge is 2.23. The Kier molecular flexibility index (Phi) is 4.28. The Morgan fingerprint density at radius 2 is 2.10 bits per heavy atom. The van der Waals surface area contributed by atoms with Gasteiger partial charge in [-0.1, -0.05) is 31.0 Å². The van der Waals surface area contributed by atoms with Gasteiger partial charge >= 0.3 is 0 Å². The smallest absolute Gasteiger partial charge is 0.0474 e. The minimum atomic E-state index is 0.303. The average Bonchev–Trinajstić information content (AvgIpc) is 2.53. The summed E-state index contributed by atoms with van der Waals surface area (Å²) in [5.74, 6) is 0.417. The Bertz CT molecular complexity index is 564. The number of hydrogen-bond donors (Lipinski definition) is 2. The normalized spacial score (nSPS) is 23.1. The average molecular weight is 270 g/mol. The first-order valence-corrected chi connectivity index (χ1v) is 7.54. The first-order chi connectivity index (χ1) is 9.88. The van der Waals surface area contributed by atoms with E-state index in [9.17, 15) is 5.11 Å². The van der Waals surface area contributed by atoms with Crippen LogP contribution in [0.4, 0.5) is 0 Å². The van der Waals surface area contributed by atoms with Gasteiger partial charge in [0.2, 0.25) is 0 Å². The van der Waals surface area contributed by atoms with Crippen molar-refractivity contribution in [2.24, 2.45) is 5.92 Å².